The maximum atomic E-state index is 13.0. The molecule has 0 saturated carbocycles. The smallest absolute Gasteiger partial charge is 0.261 e. The zero-order chi connectivity index (χ0) is 26.2. The summed E-state index contributed by atoms with van der Waals surface area (Å²) in [6, 6.07) is 12.2. The van der Waals surface area contributed by atoms with Gasteiger partial charge in [0.15, 0.2) is 6.61 Å². The number of amides is 3. The molecule has 0 aliphatic carbocycles. The largest absolute Gasteiger partial charge is 0.484 e. The van der Waals surface area contributed by atoms with Crippen molar-refractivity contribution in [2.24, 2.45) is 0 Å². The van der Waals surface area contributed by atoms with Crippen LogP contribution in [0.25, 0.3) is 11.0 Å². The van der Waals surface area contributed by atoms with Crippen molar-refractivity contribution in [1.29, 1.82) is 0 Å². The Morgan fingerprint density at radius 2 is 1.82 bits per heavy atom. The monoisotopic (exact) mass is 536 g/mol. The van der Waals surface area contributed by atoms with Crippen LogP contribution in [0.4, 0.5) is 0 Å². The molecule has 2 fully saturated rings. The van der Waals surface area contributed by atoms with Gasteiger partial charge in [0, 0.05) is 48.1 Å². The van der Waals surface area contributed by atoms with Crippen molar-refractivity contribution in [2.45, 2.75) is 32.0 Å². The summed E-state index contributed by atoms with van der Waals surface area (Å²) in [7, 11) is -0.854. The average Bonchev–Trinajstić information content (AvgIpc) is 3.63. The van der Waals surface area contributed by atoms with Crippen LogP contribution >= 0.6 is 0 Å². The standard InChI is InChI=1S/C27H28N4O6S/c32-25(29-9-12-38(35)13-10-29)17-37-18-7-8-22-23(14-18)30(15-19-4-3-11-36-19)24(28-22)16-31-26(33)20-5-1-2-6-21(20)27(31)34/h1-2,5-8,14,19H,3-4,9-13,15-17H2. The maximum absolute atomic E-state index is 13.0. The van der Waals surface area contributed by atoms with Crippen molar-refractivity contribution in [2.75, 3.05) is 37.8 Å². The molecule has 3 aliphatic rings. The maximum Gasteiger partial charge on any atom is 0.261 e. The first kappa shape index (κ1) is 24.7. The Labute approximate surface area is 222 Å². The summed E-state index contributed by atoms with van der Waals surface area (Å²) >= 11 is 0. The third-order valence-electron chi connectivity index (χ3n) is 7.28. The number of carbonyl (C=O) groups excluding carboxylic acids is 3. The lowest BCUT2D eigenvalue weighted by atomic mass is 10.1. The van der Waals surface area contributed by atoms with E-state index in [1.54, 1.807) is 35.2 Å². The summed E-state index contributed by atoms with van der Waals surface area (Å²) in [6.07, 6.45) is 1.90. The summed E-state index contributed by atoms with van der Waals surface area (Å²) in [5, 5.41) is 0. The molecular formula is C27H28N4O6S. The molecule has 6 rings (SSSR count). The number of ether oxygens (including phenoxy) is 2. The van der Waals surface area contributed by atoms with Gasteiger partial charge in [-0.2, -0.15) is 0 Å². The van der Waals surface area contributed by atoms with Crippen LogP contribution in [0.2, 0.25) is 0 Å². The minimum atomic E-state index is -0.854. The molecule has 38 heavy (non-hydrogen) atoms. The van der Waals surface area contributed by atoms with E-state index in [1.807, 2.05) is 16.7 Å². The van der Waals surface area contributed by atoms with Gasteiger partial charge in [0.2, 0.25) is 0 Å². The van der Waals surface area contributed by atoms with Crippen LogP contribution in [0.5, 0.6) is 5.75 Å². The molecule has 2 aromatic carbocycles. The zero-order valence-electron chi connectivity index (χ0n) is 20.8. The summed E-state index contributed by atoms with van der Waals surface area (Å²) in [4.78, 5) is 46.3. The number of hydrogen-bond donors (Lipinski definition) is 0. The topological polar surface area (TPSA) is 111 Å². The van der Waals surface area contributed by atoms with Gasteiger partial charge in [-0.3, -0.25) is 23.5 Å². The van der Waals surface area contributed by atoms with E-state index < -0.39 is 10.8 Å². The fraction of sp³-hybridized carbons (Fsp3) is 0.407. The van der Waals surface area contributed by atoms with Crippen LogP contribution in [0.1, 0.15) is 39.4 Å². The van der Waals surface area contributed by atoms with Gasteiger partial charge in [-0.1, -0.05) is 12.1 Å². The second-order valence-electron chi connectivity index (χ2n) is 9.68. The molecule has 1 unspecified atom stereocenters. The third-order valence-corrected chi connectivity index (χ3v) is 8.56. The normalized spacial score (nSPS) is 19.9. The minimum Gasteiger partial charge on any atom is -0.484 e. The Bertz CT molecular complexity index is 1400. The van der Waals surface area contributed by atoms with Crippen molar-refractivity contribution < 1.29 is 28.1 Å². The van der Waals surface area contributed by atoms with E-state index in [2.05, 4.69) is 0 Å². The van der Waals surface area contributed by atoms with E-state index in [0.29, 0.717) is 66.0 Å². The number of carbonyl (C=O) groups is 3. The van der Waals surface area contributed by atoms with Gasteiger partial charge < -0.3 is 18.9 Å². The van der Waals surface area contributed by atoms with Crippen LogP contribution in [-0.4, -0.2) is 85.2 Å². The second kappa shape index (κ2) is 10.3. The number of aromatic nitrogens is 2. The predicted octanol–water partition coefficient (Wildman–Crippen LogP) is 1.98. The van der Waals surface area contributed by atoms with Crippen molar-refractivity contribution in [3.05, 3.63) is 59.4 Å². The molecule has 3 amide bonds. The van der Waals surface area contributed by atoms with Gasteiger partial charge in [-0.25, -0.2) is 4.98 Å². The molecule has 0 N–H and O–H groups in total. The van der Waals surface area contributed by atoms with Crippen molar-refractivity contribution in [3.63, 3.8) is 0 Å². The highest BCUT2D eigenvalue weighted by molar-refractivity contribution is 7.85. The quantitative estimate of drug-likeness (QED) is 0.425. The number of imidazole rings is 1. The summed E-state index contributed by atoms with van der Waals surface area (Å²) in [6.45, 7) is 2.11. The van der Waals surface area contributed by atoms with E-state index in [0.717, 1.165) is 18.4 Å². The Hall–Kier alpha value is -3.57. The van der Waals surface area contributed by atoms with Gasteiger partial charge in [-0.15, -0.1) is 0 Å². The molecule has 3 aliphatic heterocycles. The molecule has 10 nitrogen and oxygen atoms in total. The van der Waals surface area contributed by atoms with E-state index in [1.165, 1.54) is 4.90 Å². The Kier molecular flexibility index (Phi) is 6.71. The number of benzene rings is 2. The molecule has 0 bridgehead atoms. The predicted molar refractivity (Wildman–Crippen MR) is 139 cm³/mol. The summed E-state index contributed by atoms with van der Waals surface area (Å²) in [5.74, 6) is 1.30. The first-order valence-corrected chi connectivity index (χ1v) is 14.3. The van der Waals surface area contributed by atoms with E-state index >= 15 is 0 Å². The highest BCUT2D eigenvalue weighted by atomic mass is 32.2. The lowest BCUT2D eigenvalue weighted by Crippen LogP contribution is -2.43. The average molecular weight is 537 g/mol. The van der Waals surface area contributed by atoms with Crippen LogP contribution < -0.4 is 4.74 Å². The zero-order valence-corrected chi connectivity index (χ0v) is 21.7. The van der Waals surface area contributed by atoms with Crippen LogP contribution in [-0.2, 0) is 33.4 Å². The van der Waals surface area contributed by atoms with Gasteiger partial charge in [0.05, 0.1) is 41.4 Å². The van der Waals surface area contributed by atoms with E-state index in [9.17, 15) is 18.6 Å². The first-order valence-electron chi connectivity index (χ1n) is 12.8. The molecule has 198 valence electrons. The fourth-order valence-electron chi connectivity index (χ4n) is 5.21. The lowest BCUT2D eigenvalue weighted by molar-refractivity contribution is -0.133. The van der Waals surface area contributed by atoms with Crippen LogP contribution in [0.3, 0.4) is 0 Å². The lowest BCUT2D eigenvalue weighted by Gasteiger charge is -2.26. The Balaban J connectivity index is 1.25. The minimum absolute atomic E-state index is 0.00383. The first-order chi connectivity index (χ1) is 18.5. The SMILES string of the molecule is O=C(COc1ccc2nc(CN3C(=O)c4ccccc4C3=O)n(CC3CCCO3)c2c1)N1CCS(=O)CC1. The van der Waals surface area contributed by atoms with E-state index in [4.69, 9.17) is 14.5 Å². The molecule has 1 atom stereocenters. The number of hydrogen-bond acceptors (Lipinski definition) is 7. The number of nitrogens with zero attached hydrogens (tertiary/aromatic N) is 4. The number of imide groups is 1. The summed E-state index contributed by atoms with van der Waals surface area (Å²) < 4.78 is 25.3. The summed E-state index contributed by atoms with van der Waals surface area (Å²) in [5.41, 5.74) is 2.29. The highest BCUT2D eigenvalue weighted by Gasteiger charge is 2.36. The Morgan fingerprint density at radius 3 is 2.50 bits per heavy atom. The Morgan fingerprint density at radius 1 is 1.08 bits per heavy atom. The van der Waals surface area contributed by atoms with Gasteiger partial charge in [0.25, 0.3) is 17.7 Å². The van der Waals surface area contributed by atoms with Crippen LogP contribution in [0.15, 0.2) is 42.5 Å². The number of rotatable bonds is 7. The molecule has 2 saturated heterocycles. The second-order valence-corrected chi connectivity index (χ2v) is 11.4. The number of fused-ring (bicyclic) bond motifs is 2. The van der Waals surface area contributed by atoms with Crippen molar-refractivity contribution >= 4 is 39.6 Å². The molecule has 0 spiro atoms. The van der Waals surface area contributed by atoms with Gasteiger partial charge >= 0.3 is 0 Å². The molecule has 11 heteroatoms. The highest BCUT2D eigenvalue weighted by Crippen LogP contribution is 2.28. The molecule has 3 aromatic rings. The fourth-order valence-corrected chi connectivity index (χ4v) is 6.26. The van der Waals surface area contributed by atoms with Crippen molar-refractivity contribution in [1.82, 2.24) is 19.4 Å². The molecular weight excluding hydrogens is 508 g/mol. The molecule has 4 heterocycles. The van der Waals surface area contributed by atoms with Crippen molar-refractivity contribution in [3.8, 4) is 5.75 Å². The van der Waals surface area contributed by atoms with E-state index in [-0.39, 0.29) is 37.0 Å². The van der Waals surface area contributed by atoms with Gasteiger partial charge in [-0.05, 0) is 37.1 Å². The molecule has 0 radical (unpaired) electrons. The third kappa shape index (κ3) is 4.71. The van der Waals surface area contributed by atoms with Gasteiger partial charge in [0.1, 0.15) is 11.6 Å². The van der Waals surface area contributed by atoms with Crippen LogP contribution in [0, 0.1) is 0 Å². The molecule has 1 aromatic heterocycles.